The summed E-state index contributed by atoms with van der Waals surface area (Å²) in [6.45, 7) is 3.37. The predicted molar refractivity (Wildman–Crippen MR) is 88.8 cm³/mol. The van der Waals surface area contributed by atoms with E-state index in [1.165, 1.54) is 12.7 Å². The SMILES string of the molecule is CCOc1cc(CNC2CCC(C(=O)OC)CC2)ccc1OC. The maximum atomic E-state index is 11.5. The molecule has 0 bridgehead atoms. The van der Waals surface area contributed by atoms with Crippen LogP contribution in [0.4, 0.5) is 0 Å². The first-order valence-electron chi connectivity index (χ1n) is 8.28. The highest BCUT2D eigenvalue weighted by molar-refractivity contribution is 5.72. The van der Waals surface area contributed by atoms with Crippen molar-refractivity contribution in [3.8, 4) is 11.5 Å². The van der Waals surface area contributed by atoms with Crippen molar-refractivity contribution in [1.29, 1.82) is 0 Å². The molecule has 0 aliphatic heterocycles. The molecular weight excluding hydrogens is 294 g/mol. The number of benzene rings is 1. The summed E-state index contributed by atoms with van der Waals surface area (Å²) in [5.74, 6) is 1.54. The highest BCUT2D eigenvalue weighted by Gasteiger charge is 2.26. The number of hydrogen-bond acceptors (Lipinski definition) is 5. The first-order chi connectivity index (χ1) is 11.2. The number of ether oxygens (including phenoxy) is 3. The van der Waals surface area contributed by atoms with Gasteiger partial charge in [-0.3, -0.25) is 4.79 Å². The quantitative estimate of drug-likeness (QED) is 0.783. The van der Waals surface area contributed by atoms with E-state index in [0.29, 0.717) is 12.6 Å². The number of methoxy groups -OCH3 is 2. The van der Waals surface area contributed by atoms with Gasteiger partial charge in [0.05, 0.1) is 26.7 Å². The Balaban J connectivity index is 1.84. The average Bonchev–Trinajstić information content (AvgIpc) is 2.60. The van der Waals surface area contributed by atoms with Gasteiger partial charge < -0.3 is 19.5 Å². The predicted octanol–water partition coefficient (Wildman–Crippen LogP) is 2.92. The first kappa shape index (κ1) is 17.6. The van der Waals surface area contributed by atoms with Crippen molar-refractivity contribution in [2.75, 3.05) is 20.8 Å². The second-order valence-electron chi connectivity index (χ2n) is 5.87. The molecule has 2 rings (SSSR count). The molecule has 0 amide bonds. The molecule has 0 saturated heterocycles. The molecule has 0 unspecified atom stereocenters. The zero-order valence-electron chi connectivity index (χ0n) is 14.3. The number of rotatable bonds is 7. The minimum absolute atomic E-state index is 0.0695. The Kier molecular flexibility index (Phi) is 6.71. The number of esters is 1. The van der Waals surface area contributed by atoms with E-state index < -0.39 is 0 Å². The van der Waals surface area contributed by atoms with Gasteiger partial charge in [0.1, 0.15) is 0 Å². The van der Waals surface area contributed by atoms with Gasteiger partial charge in [-0.2, -0.15) is 0 Å². The number of carbonyl (C=O) groups excluding carboxylic acids is 1. The molecule has 1 aromatic rings. The zero-order valence-corrected chi connectivity index (χ0v) is 14.3. The number of hydrogen-bond donors (Lipinski definition) is 1. The minimum Gasteiger partial charge on any atom is -0.493 e. The van der Waals surface area contributed by atoms with Gasteiger partial charge in [0.2, 0.25) is 0 Å². The molecule has 5 heteroatoms. The van der Waals surface area contributed by atoms with E-state index in [9.17, 15) is 4.79 Å². The molecule has 23 heavy (non-hydrogen) atoms. The van der Waals surface area contributed by atoms with E-state index in [4.69, 9.17) is 14.2 Å². The maximum absolute atomic E-state index is 11.5. The average molecular weight is 321 g/mol. The van der Waals surface area contributed by atoms with Crippen LogP contribution in [0.3, 0.4) is 0 Å². The van der Waals surface area contributed by atoms with Crippen molar-refractivity contribution < 1.29 is 19.0 Å². The topological polar surface area (TPSA) is 56.8 Å². The molecule has 1 aromatic carbocycles. The van der Waals surface area contributed by atoms with Crippen molar-refractivity contribution in [1.82, 2.24) is 5.32 Å². The lowest BCUT2D eigenvalue weighted by atomic mass is 9.86. The summed E-state index contributed by atoms with van der Waals surface area (Å²) in [5, 5.41) is 3.57. The highest BCUT2D eigenvalue weighted by Crippen LogP contribution is 2.29. The maximum Gasteiger partial charge on any atom is 0.308 e. The Morgan fingerprint density at radius 1 is 1.17 bits per heavy atom. The van der Waals surface area contributed by atoms with E-state index in [1.807, 2.05) is 19.1 Å². The summed E-state index contributed by atoms with van der Waals surface area (Å²) in [4.78, 5) is 11.5. The molecule has 0 spiro atoms. The second kappa shape index (κ2) is 8.77. The molecule has 0 radical (unpaired) electrons. The smallest absolute Gasteiger partial charge is 0.308 e. The molecule has 0 aromatic heterocycles. The van der Waals surface area contributed by atoms with Crippen LogP contribution in [0.25, 0.3) is 0 Å². The fraction of sp³-hybridized carbons (Fsp3) is 0.611. The molecule has 0 atom stereocenters. The van der Waals surface area contributed by atoms with Crippen molar-refractivity contribution >= 4 is 5.97 Å². The highest BCUT2D eigenvalue weighted by atomic mass is 16.5. The minimum atomic E-state index is -0.0695. The first-order valence-corrected chi connectivity index (χ1v) is 8.28. The van der Waals surface area contributed by atoms with Gasteiger partial charge in [-0.25, -0.2) is 0 Å². The third-order valence-electron chi connectivity index (χ3n) is 4.38. The summed E-state index contributed by atoms with van der Waals surface area (Å²) >= 11 is 0. The Bertz CT molecular complexity index is 510. The van der Waals surface area contributed by atoms with Crippen molar-refractivity contribution in [2.45, 2.75) is 45.2 Å². The molecule has 1 aliphatic carbocycles. The Morgan fingerprint density at radius 3 is 2.52 bits per heavy atom. The van der Waals surface area contributed by atoms with Crippen LogP contribution in [0.2, 0.25) is 0 Å². The molecule has 1 saturated carbocycles. The van der Waals surface area contributed by atoms with E-state index in [0.717, 1.165) is 43.7 Å². The van der Waals surface area contributed by atoms with E-state index in [2.05, 4.69) is 11.4 Å². The van der Waals surface area contributed by atoms with Crippen LogP contribution in [-0.4, -0.2) is 32.8 Å². The van der Waals surface area contributed by atoms with E-state index >= 15 is 0 Å². The van der Waals surface area contributed by atoms with E-state index in [1.54, 1.807) is 7.11 Å². The largest absolute Gasteiger partial charge is 0.493 e. The van der Waals surface area contributed by atoms with Crippen LogP contribution in [0.5, 0.6) is 11.5 Å². The summed E-state index contributed by atoms with van der Waals surface area (Å²) in [6, 6.07) is 6.47. The standard InChI is InChI=1S/C18H27NO4/c1-4-23-17-11-13(5-10-16(17)21-2)12-19-15-8-6-14(7-9-15)18(20)22-3/h5,10-11,14-15,19H,4,6-9,12H2,1-3H3. The third-order valence-corrected chi connectivity index (χ3v) is 4.38. The monoisotopic (exact) mass is 321 g/mol. The van der Waals surface area contributed by atoms with Gasteiger partial charge >= 0.3 is 5.97 Å². The Hall–Kier alpha value is -1.75. The van der Waals surface area contributed by atoms with Crippen molar-refractivity contribution in [3.05, 3.63) is 23.8 Å². The summed E-state index contributed by atoms with van der Waals surface area (Å²) in [6.07, 6.45) is 3.82. The van der Waals surface area contributed by atoms with Crippen molar-refractivity contribution in [3.63, 3.8) is 0 Å². The van der Waals surface area contributed by atoms with E-state index in [-0.39, 0.29) is 11.9 Å². The normalized spacial score (nSPS) is 20.8. The second-order valence-corrected chi connectivity index (χ2v) is 5.87. The Labute approximate surface area is 138 Å². The fourth-order valence-corrected chi connectivity index (χ4v) is 3.06. The lowest BCUT2D eigenvalue weighted by Gasteiger charge is -2.27. The van der Waals surface area contributed by atoms with Gasteiger partial charge in [0, 0.05) is 12.6 Å². The van der Waals surface area contributed by atoms with Crippen molar-refractivity contribution in [2.24, 2.45) is 5.92 Å². The molecule has 1 fully saturated rings. The zero-order chi connectivity index (χ0) is 16.7. The molecular formula is C18H27NO4. The van der Waals surface area contributed by atoms with Crippen LogP contribution in [0.1, 0.15) is 38.2 Å². The summed E-state index contributed by atoms with van der Waals surface area (Å²) in [5.41, 5.74) is 1.17. The van der Waals surface area contributed by atoms with Gasteiger partial charge in [0.25, 0.3) is 0 Å². The number of nitrogens with one attached hydrogen (secondary N) is 1. The van der Waals surface area contributed by atoms with Gasteiger partial charge in [-0.05, 0) is 50.3 Å². The van der Waals surface area contributed by atoms with Crippen LogP contribution in [0, 0.1) is 5.92 Å². The molecule has 0 heterocycles. The lowest BCUT2D eigenvalue weighted by Crippen LogP contribution is -2.34. The summed E-state index contributed by atoms with van der Waals surface area (Å²) in [7, 11) is 3.11. The van der Waals surface area contributed by atoms with Crippen LogP contribution in [-0.2, 0) is 16.1 Å². The van der Waals surface area contributed by atoms with Gasteiger partial charge in [-0.1, -0.05) is 6.07 Å². The molecule has 1 aliphatic rings. The molecule has 1 N–H and O–H groups in total. The lowest BCUT2D eigenvalue weighted by molar-refractivity contribution is -0.146. The molecule has 128 valence electrons. The van der Waals surface area contributed by atoms with Crippen LogP contribution >= 0.6 is 0 Å². The van der Waals surface area contributed by atoms with Gasteiger partial charge in [0.15, 0.2) is 11.5 Å². The fourth-order valence-electron chi connectivity index (χ4n) is 3.06. The van der Waals surface area contributed by atoms with Crippen LogP contribution in [0.15, 0.2) is 18.2 Å². The van der Waals surface area contributed by atoms with Crippen LogP contribution < -0.4 is 14.8 Å². The van der Waals surface area contributed by atoms with Gasteiger partial charge in [-0.15, -0.1) is 0 Å². The Morgan fingerprint density at radius 2 is 1.91 bits per heavy atom. The molecule has 5 nitrogen and oxygen atoms in total. The summed E-state index contributed by atoms with van der Waals surface area (Å²) < 4.78 is 15.7. The number of carbonyl (C=O) groups is 1. The third kappa shape index (κ3) is 4.86.